The zero-order valence-corrected chi connectivity index (χ0v) is 17.0. The first kappa shape index (κ1) is 21.4. The maximum atomic E-state index is 12.8. The minimum Gasteiger partial charge on any atom is -0.458 e. The molecule has 0 aromatic heterocycles. The van der Waals surface area contributed by atoms with Crippen LogP contribution < -0.4 is 0 Å². The minimum absolute atomic E-state index is 0.0891. The Balaban J connectivity index is 1.70. The van der Waals surface area contributed by atoms with Gasteiger partial charge in [-0.05, 0) is 24.0 Å². The van der Waals surface area contributed by atoms with Gasteiger partial charge in [0, 0.05) is 26.4 Å². The number of esters is 1. The Bertz CT molecular complexity index is 856. The van der Waals surface area contributed by atoms with Crippen molar-refractivity contribution in [1.82, 2.24) is 10.0 Å². The van der Waals surface area contributed by atoms with Crippen LogP contribution in [0.15, 0.2) is 60.7 Å². The Kier molecular flexibility index (Phi) is 7.43. The summed E-state index contributed by atoms with van der Waals surface area (Å²) >= 11 is 0. The smallest absolute Gasteiger partial charge is 0.429 e. The quantitative estimate of drug-likeness (QED) is 0.683. The number of carbonyl (C=O) groups is 3. The number of hydrogen-bond acceptors (Lipinski definition) is 5. The summed E-state index contributed by atoms with van der Waals surface area (Å²) in [6, 6.07) is 18.6. The van der Waals surface area contributed by atoms with E-state index in [-0.39, 0.29) is 18.9 Å². The van der Waals surface area contributed by atoms with Crippen LogP contribution >= 0.6 is 0 Å². The molecule has 0 saturated carbocycles. The molecule has 2 aromatic carbocycles. The highest BCUT2D eigenvalue weighted by atomic mass is 16.6. The molecule has 1 atom stereocenters. The van der Waals surface area contributed by atoms with Crippen LogP contribution in [0.2, 0.25) is 0 Å². The fourth-order valence-corrected chi connectivity index (χ4v) is 3.29. The van der Waals surface area contributed by atoms with Gasteiger partial charge in [-0.1, -0.05) is 60.7 Å². The molecule has 0 bridgehead atoms. The van der Waals surface area contributed by atoms with Crippen molar-refractivity contribution in [2.45, 2.75) is 38.9 Å². The summed E-state index contributed by atoms with van der Waals surface area (Å²) in [6.45, 7) is 2.31. The largest absolute Gasteiger partial charge is 0.458 e. The number of benzene rings is 2. The van der Waals surface area contributed by atoms with E-state index in [1.54, 1.807) is 0 Å². The number of ether oxygens (including phenoxy) is 2. The number of rotatable bonds is 6. The molecule has 0 unspecified atom stereocenters. The third-order valence-electron chi connectivity index (χ3n) is 4.85. The van der Waals surface area contributed by atoms with Gasteiger partial charge < -0.3 is 9.47 Å². The first-order valence-corrected chi connectivity index (χ1v) is 10.1. The van der Waals surface area contributed by atoms with Crippen LogP contribution in [0.5, 0.6) is 0 Å². The lowest BCUT2D eigenvalue weighted by atomic mass is 10.1. The van der Waals surface area contributed by atoms with Crippen LogP contribution in [-0.4, -0.2) is 47.2 Å². The first-order valence-electron chi connectivity index (χ1n) is 10.1. The Morgan fingerprint density at radius 2 is 1.43 bits per heavy atom. The molecule has 0 radical (unpaired) electrons. The maximum Gasteiger partial charge on any atom is 0.429 e. The fraction of sp³-hybridized carbons (Fsp3) is 0.348. The summed E-state index contributed by atoms with van der Waals surface area (Å²) < 4.78 is 11.0. The summed E-state index contributed by atoms with van der Waals surface area (Å²) in [5, 5.41) is 2.63. The van der Waals surface area contributed by atoms with Gasteiger partial charge in [-0.15, -0.1) is 0 Å². The average molecular weight is 410 g/mol. The molecular formula is C23H26N2O5. The van der Waals surface area contributed by atoms with Crippen molar-refractivity contribution in [2.24, 2.45) is 0 Å². The number of amides is 2. The van der Waals surface area contributed by atoms with Gasteiger partial charge in [-0.3, -0.25) is 4.79 Å². The molecule has 3 rings (SSSR count). The van der Waals surface area contributed by atoms with Crippen molar-refractivity contribution < 1.29 is 23.9 Å². The number of carbonyl (C=O) groups excluding carboxylic acids is 3. The van der Waals surface area contributed by atoms with Gasteiger partial charge in [0.25, 0.3) is 0 Å². The van der Waals surface area contributed by atoms with Crippen LogP contribution in [0.1, 0.15) is 30.9 Å². The van der Waals surface area contributed by atoms with E-state index in [1.807, 2.05) is 60.7 Å². The zero-order chi connectivity index (χ0) is 21.3. The highest BCUT2D eigenvalue weighted by molar-refractivity contribution is 5.81. The monoisotopic (exact) mass is 410 g/mol. The summed E-state index contributed by atoms with van der Waals surface area (Å²) in [5.41, 5.74) is 1.68. The van der Waals surface area contributed by atoms with E-state index in [2.05, 4.69) is 0 Å². The lowest BCUT2D eigenvalue weighted by molar-refractivity contribution is -0.159. The van der Waals surface area contributed by atoms with Crippen molar-refractivity contribution in [3.05, 3.63) is 71.8 Å². The fourth-order valence-electron chi connectivity index (χ4n) is 3.29. The molecule has 158 valence electrons. The van der Waals surface area contributed by atoms with Crippen LogP contribution in [0.4, 0.5) is 4.79 Å². The third kappa shape index (κ3) is 5.83. The molecule has 2 aromatic rings. The van der Waals surface area contributed by atoms with Crippen molar-refractivity contribution in [3.63, 3.8) is 0 Å². The van der Waals surface area contributed by atoms with E-state index in [0.717, 1.165) is 24.0 Å². The van der Waals surface area contributed by atoms with Crippen LogP contribution in [-0.2, 0) is 32.1 Å². The Hall–Kier alpha value is -3.35. The van der Waals surface area contributed by atoms with Gasteiger partial charge in [-0.25, -0.2) is 19.6 Å². The molecule has 7 heteroatoms. The molecule has 1 heterocycles. The molecule has 1 saturated heterocycles. The van der Waals surface area contributed by atoms with Gasteiger partial charge in [0.1, 0.15) is 6.61 Å². The molecule has 1 aliphatic rings. The van der Waals surface area contributed by atoms with Crippen LogP contribution in [0, 0.1) is 0 Å². The first-order chi connectivity index (χ1) is 14.5. The van der Waals surface area contributed by atoms with Gasteiger partial charge in [0.15, 0.2) is 0 Å². The molecule has 7 nitrogen and oxygen atoms in total. The lowest BCUT2D eigenvalue weighted by Gasteiger charge is -2.37. The van der Waals surface area contributed by atoms with E-state index in [0.29, 0.717) is 13.1 Å². The van der Waals surface area contributed by atoms with E-state index in [1.165, 1.54) is 16.9 Å². The van der Waals surface area contributed by atoms with E-state index >= 15 is 0 Å². The third-order valence-corrected chi connectivity index (χ3v) is 4.85. The van der Waals surface area contributed by atoms with E-state index in [9.17, 15) is 14.4 Å². The maximum absolute atomic E-state index is 12.8. The van der Waals surface area contributed by atoms with Gasteiger partial charge >= 0.3 is 12.1 Å². The van der Waals surface area contributed by atoms with Crippen molar-refractivity contribution in [2.75, 3.05) is 13.1 Å². The van der Waals surface area contributed by atoms with Crippen molar-refractivity contribution in [1.29, 1.82) is 0 Å². The summed E-state index contributed by atoms with van der Waals surface area (Å²) in [4.78, 5) is 37.4. The summed E-state index contributed by atoms with van der Waals surface area (Å²) in [5.74, 6) is -0.861. The number of hydrogen-bond donors (Lipinski definition) is 0. The van der Waals surface area contributed by atoms with Crippen molar-refractivity contribution >= 4 is 18.0 Å². The van der Waals surface area contributed by atoms with Crippen molar-refractivity contribution in [3.8, 4) is 0 Å². The molecule has 0 aliphatic carbocycles. The van der Waals surface area contributed by atoms with Crippen LogP contribution in [0.3, 0.4) is 0 Å². The minimum atomic E-state index is -1.11. The predicted molar refractivity (Wildman–Crippen MR) is 110 cm³/mol. The van der Waals surface area contributed by atoms with E-state index in [4.69, 9.17) is 9.47 Å². The summed E-state index contributed by atoms with van der Waals surface area (Å²) in [6.07, 6.45) is -0.0631. The normalized spacial score (nSPS) is 14.7. The molecule has 0 N–H and O–H groups in total. The second-order valence-electron chi connectivity index (χ2n) is 7.13. The SMILES string of the molecule is CC(=O)N1CCCCN1C(=O)O[C@@H](Cc1ccccc1)C(=O)OCc1ccccc1. The van der Waals surface area contributed by atoms with E-state index < -0.39 is 18.2 Å². The van der Waals surface area contributed by atoms with Crippen LogP contribution in [0.25, 0.3) is 0 Å². The molecule has 30 heavy (non-hydrogen) atoms. The van der Waals surface area contributed by atoms with Gasteiger partial charge in [0.2, 0.25) is 12.0 Å². The topological polar surface area (TPSA) is 76.2 Å². The highest BCUT2D eigenvalue weighted by Gasteiger charge is 2.32. The highest BCUT2D eigenvalue weighted by Crippen LogP contribution is 2.16. The molecular weight excluding hydrogens is 384 g/mol. The second kappa shape index (κ2) is 10.4. The zero-order valence-electron chi connectivity index (χ0n) is 17.0. The predicted octanol–water partition coefficient (Wildman–Crippen LogP) is 3.34. The second-order valence-corrected chi connectivity index (χ2v) is 7.13. The number of nitrogens with zero attached hydrogens (tertiary/aromatic N) is 2. The summed E-state index contributed by atoms with van der Waals surface area (Å²) in [7, 11) is 0. The van der Waals surface area contributed by atoms with Gasteiger partial charge in [-0.2, -0.15) is 0 Å². The number of hydrazine groups is 1. The molecule has 2 amide bonds. The molecule has 0 spiro atoms. The average Bonchev–Trinajstić information content (AvgIpc) is 2.78. The Morgan fingerprint density at radius 1 is 0.867 bits per heavy atom. The molecule has 1 fully saturated rings. The Morgan fingerprint density at radius 3 is 2.03 bits per heavy atom. The lowest BCUT2D eigenvalue weighted by Crippen LogP contribution is -2.53. The molecule has 1 aliphatic heterocycles. The standard InChI is InChI=1S/C23H26N2O5/c1-18(26)24-14-8-9-15-25(24)23(28)30-21(16-19-10-4-2-5-11-19)22(27)29-17-20-12-6-3-7-13-20/h2-7,10-13,21H,8-9,14-17H2,1H3/t21-/m0/s1. The van der Waals surface area contributed by atoms with Gasteiger partial charge in [0.05, 0.1) is 0 Å². The Labute approximate surface area is 176 Å².